The van der Waals surface area contributed by atoms with Crippen LogP contribution < -0.4 is 5.32 Å². The van der Waals surface area contributed by atoms with Gasteiger partial charge in [0.15, 0.2) is 5.13 Å². The third-order valence-corrected chi connectivity index (χ3v) is 3.43. The molecule has 1 amide bonds. The van der Waals surface area contributed by atoms with E-state index < -0.39 is 0 Å². The van der Waals surface area contributed by atoms with Crippen molar-refractivity contribution >= 4 is 40.1 Å². The number of nitrogens with zero attached hydrogens (tertiary/aromatic N) is 2. The molecule has 1 rings (SSSR count). The molecule has 0 fully saturated rings. The maximum atomic E-state index is 11.5. The zero-order valence-electron chi connectivity index (χ0n) is 10.3. The van der Waals surface area contributed by atoms with E-state index >= 15 is 0 Å². The fraction of sp³-hybridized carbons (Fsp3) is 0.455. The first-order valence-corrected chi connectivity index (χ1v) is 7.53. The molecule has 0 saturated carbocycles. The largest absolute Gasteiger partial charge is 0.466 e. The molecule has 0 unspecified atom stereocenters. The van der Waals surface area contributed by atoms with Gasteiger partial charge in [-0.3, -0.25) is 9.59 Å². The van der Waals surface area contributed by atoms with Crippen molar-refractivity contribution in [1.82, 2.24) is 4.98 Å². The van der Waals surface area contributed by atoms with Crippen molar-refractivity contribution in [2.24, 2.45) is 0 Å². The predicted molar refractivity (Wildman–Crippen MR) is 74.0 cm³/mol. The molecule has 0 spiro atoms. The number of anilines is 1. The lowest BCUT2D eigenvalue weighted by Crippen LogP contribution is -2.14. The Bertz CT molecular complexity index is 482. The summed E-state index contributed by atoms with van der Waals surface area (Å²) in [4.78, 5) is 26.8. The molecule has 0 radical (unpaired) electrons. The Kier molecular flexibility index (Phi) is 6.92. The summed E-state index contributed by atoms with van der Waals surface area (Å²) in [6.45, 7) is 2.08. The van der Waals surface area contributed by atoms with Crippen molar-refractivity contribution in [3.8, 4) is 6.07 Å². The van der Waals surface area contributed by atoms with Crippen LogP contribution in [-0.2, 0) is 20.7 Å². The number of thiazole rings is 1. The molecule has 0 atom stereocenters. The number of ether oxygens (including phenoxy) is 1. The molecule has 0 aliphatic rings. The molecule has 19 heavy (non-hydrogen) atoms. The monoisotopic (exact) mass is 299 g/mol. The molecular formula is C11H13N3O3S2. The first-order chi connectivity index (χ1) is 9.15. The number of aromatic nitrogens is 1. The van der Waals surface area contributed by atoms with E-state index in [0.717, 1.165) is 0 Å². The van der Waals surface area contributed by atoms with E-state index in [1.807, 2.05) is 6.07 Å². The lowest BCUT2D eigenvalue weighted by Gasteiger charge is -1.99. The SMILES string of the molecule is CCOC(=O)Cc1csc(NC(=O)CSCC#N)n1. The first kappa shape index (κ1) is 15.5. The van der Waals surface area contributed by atoms with Gasteiger partial charge in [-0.1, -0.05) is 0 Å². The van der Waals surface area contributed by atoms with Crippen LogP contribution in [-0.4, -0.2) is 35.0 Å². The average Bonchev–Trinajstić information content (AvgIpc) is 2.77. The van der Waals surface area contributed by atoms with Gasteiger partial charge in [0.05, 0.1) is 36.3 Å². The molecule has 6 nitrogen and oxygen atoms in total. The zero-order valence-corrected chi connectivity index (χ0v) is 12.0. The van der Waals surface area contributed by atoms with Gasteiger partial charge in [-0.05, 0) is 6.92 Å². The number of thioether (sulfide) groups is 1. The second-order valence-electron chi connectivity index (χ2n) is 3.32. The second kappa shape index (κ2) is 8.50. The number of nitrogens with one attached hydrogen (secondary N) is 1. The molecule has 1 heterocycles. The standard InChI is InChI=1S/C11H13N3O3S2/c1-2-17-10(16)5-8-6-19-11(13-8)14-9(15)7-18-4-3-12/h6H,2,4-5,7H2,1H3,(H,13,14,15). The number of esters is 1. The molecular weight excluding hydrogens is 286 g/mol. The molecule has 1 aromatic rings. The van der Waals surface area contributed by atoms with Crippen LogP contribution in [0, 0.1) is 11.3 Å². The molecule has 0 aromatic carbocycles. The summed E-state index contributed by atoms with van der Waals surface area (Å²) in [5.41, 5.74) is 0.573. The van der Waals surface area contributed by atoms with Crippen LogP contribution in [0.25, 0.3) is 0 Å². The number of amides is 1. The van der Waals surface area contributed by atoms with Gasteiger partial charge in [-0.25, -0.2) is 4.98 Å². The van der Waals surface area contributed by atoms with E-state index in [-0.39, 0.29) is 29.8 Å². The third kappa shape index (κ3) is 6.22. The predicted octanol–water partition coefficient (Wildman–Crippen LogP) is 1.44. The van der Waals surface area contributed by atoms with Crippen LogP contribution in [0.1, 0.15) is 12.6 Å². The number of rotatable bonds is 7. The van der Waals surface area contributed by atoms with Crippen molar-refractivity contribution < 1.29 is 14.3 Å². The van der Waals surface area contributed by atoms with E-state index in [0.29, 0.717) is 17.4 Å². The lowest BCUT2D eigenvalue weighted by atomic mass is 10.3. The normalized spacial score (nSPS) is 9.68. The second-order valence-corrected chi connectivity index (χ2v) is 5.17. The van der Waals surface area contributed by atoms with E-state index in [4.69, 9.17) is 10.00 Å². The minimum atomic E-state index is -0.338. The van der Waals surface area contributed by atoms with Gasteiger partial charge in [0.25, 0.3) is 0 Å². The highest BCUT2D eigenvalue weighted by Gasteiger charge is 2.10. The van der Waals surface area contributed by atoms with Crippen LogP contribution in [0.15, 0.2) is 5.38 Å². The molecule has 0 aliphatic heterocycles. The highest BCUT2D eigenvalue weighted by molar-refractivity contribution is 8.00. The number of carbonyl (C=O) groups excluding carboxylic acids is 2. The Morgan fingerprint density at radius 2 is 2.42 bits per heavy atom. The molecule has 0 saturated heterocycles. The third-order valence-electron chi connectivity index (χ3n) is 1.83. The highest BCUT2D eigenvalue weighted by atomic mass is 32.2. The Morgan fingerprint density at radius 3 is 3.11 bits per heavy atom. The van der Waals surface area contributed by atoms with Crippen molar-refractivity contribution in [2.45, 2.75) is 13.3 Å². The fourth-order valence-corrected chi connectivity index (χ4v) is 2.33. The van der Waals surface area contributed by atoms with Gasteiger partial charge < -0.3 is 10.1 Å². The van der Waals surface area contributed by atoms with Gasteiger partial charge in [0.1, 0.15) is 0 Å². The van der Waals surface area contributed by atoms with Crippen LogP contribution in [0.5, 0.6) is 0 Å². The minimum absolute atomic E-state index is 0.101. The van der Waals surface area contributed by atoms with E-state index in [1.54, 1.807) is 12.3 Å². The molecule has 0 aliphatic carbocycles. The van der Waals surface area contributed by atoms with E-state index in [2.05, 4.69) is 10.3 Å². The number of nitriles is 1. The summed E-state index contributed by atoms with van der Waals surface area (Å²) in [7, 11) is 0. The van der Waals surface area contributed by atoms with Crippen LogP contribution in [0.3, 0.4) is 0 Å². The molecule has 102 valence electrons. The zero-order chi connectivity index (χ0) is 14.1. The molecule has 0 bridgehead atoms. The summed E-state index contributed by atoms with van der Waals surface area (Å²) in [6.07, 6.45) is 0.101. The highest BCUT2D eigenvalue weighted by Crippen LogP contribution is 2.16. The Balaban J connectivity index is 2.40. The van der Waals surface area contributed by atoms with Crippen molar-refractivity contribution in [2.75, 3.05) is 23.4 Å². The first-order valence-electron chi connectivity index (χ1n) is 5.50. The van der Waals surface area contributed by atoms with E-state index in [9.17, 15) is 9.59 Å². The van der Waals surface area contributed by atoms with Crippen LogP contribution in [0.2, 0.25) is 0 Å². The van der Waals surface area contributed by atoms with Crippen LogP contribution >= 0.6 is 23.1 Å². The Labute approximate surface area is 119 Å². The maximum Gasteiger partial charge on any atom is 0.311 e. The number of hydrogen-bond acceptors (Lipinski definition) is 7. The smallest absolute Gasteiger partial charge is 0.311 e. The molecule has 8 heteroatoms. The van der Waals surface area contributed by atoms with Gasteiger partial charge in [-0.15, -0.1) is 23.1 Å². The van der Waals surface area contributed by atoms with Gasteiger partial charge >= 0.3 is 5.97 Å². The maximum absolute atomic E-state index is 11.5. The lowest BCUT2D eigenvalue weighted by molar-refractivity contribution is -0.142. The molecule has 1 N–H and O–H groups in total. The fourth-order valence-electron chi connectivity index (χ4n) is 1.15. The van der Waals surface area contributed by atoms with Crippen LogP contribution in [0.4, 0.5) is 5.13 Å². The average molecular weight is 299 g/mol. The van der Waals surface area contributed by atoms with Gasteiger partial charge in [0.2, 0.25) is 5.91 Å². The number of hydrogen-bond donors (Lipinski definition) is 1. The Hall–Kier alpha value is -1.59. The summed E-state index contributed by atoms with van der Waals surface area (Å²) >= 11 is 2.49. The van der Waals surface area contributed by atoms with Gasteiger partial charge in [0, 0.05) is 5.38 Å². The molecule has 1 aromatic heterocycles. The summed E-state index contributed by atoms with van der Waals surface area (Å²) < 4.78 is 4.81. The van der Waals surface area contributed by atoms with Crippen molar-refractivity contribution in [1.29, 1.82) is 5.26 Å². The van der Waals surface area contributed by atoms with E-state index in [1.165, 1.54) is 23.1 Å². The Morgan fingerprint density at radius 1 is 1.63 bits per heavy atom. The topological polar surface area (TPSA) is 92.1 Å². The van der Waals surface area contributed by atoms with Gasteiger partial charge in [-0.2, -0.15) is 5.26 Å². The number of carbonyl (C=O) groups is 2. The quantitative estimate of drug-likeness (QED) is 0.605. The van der Waals surface area contributed by atoms with Crippen molar-refractivity contribution in [3.63, 3.8) is 0 Å². The minimum Gasteiger partial charge on any atom is -0.466 e. The summed E-state index contributed by atoms with van der Waals surface area (Å²) in [5.74, 6) is -0.0627. The summed E-state index contributed by atoms with van der Waals surface area (Å²) in [6, 6.07) is 1.94. The summed E-state index contributed by atoms with van der Waals surface area (Å²) in [5, 5.41) is 13.1. The van der Waals surface area contributed by atoms with Crippen molar-refractivity contribution in [3.05, 3.63) is 11.1 Å².